The molecule has 3 rings (SSSR count). The lowest BCUT2D eigenvalue weighted by molar-refractivity contribution is 0.423. The first-order valence-electron chi connectivity index (χ1n) is 6.22. The van der Waals surface area contributed by atoms with Crippen molar-refractivity contribution in [1.29, 1.82) is 0 Å². The first-order chi connectivity index (χ1) is 9.02. The molecule has 0 bridgehead atoms. The standard InChI is InChI=1S/C15H16N2O2/c1-7-5-12(18)11-6-10-8(2)9(3)17-13(10)15(19-4)14(11)16-7/h5-6,17H,1-4H3,(H,16,18). The summed E-state index contributed by atoms with van der Waals surface area (Å²) < 4.78 is 5.52. The second kappa shape index (κ2) is 3.88. The van der Waals surface area contributed by atoms with Gasteiger partial charge in [-0.25, -0.2) is 0 Å². The molecule has 0 saturated heterocycles. The molecule has 0 radical (unpaired) electrons. The van der Waals surface area contributed by atoms with Gasteiger partial charge in [0.2, 0.25) is 0 Å². The number of aromatic nitrogens is 2. The maximum Gasteiger partial charge on any atom is 0.189 e. The van der Waals surface area contributed by atoms with Crippen molar-refractivity contribution in [2.45, 2.75) is 20.8 Å². The minimum absolute atomic E-state index is 0.0182. The molecule has 0 amide bonds. The van der Waals surface area contributed by atoms with Crippen LogP contribution in [0, 0.1) is 20.8 Å². The van der Waals surface area contributed by atoms with Crippen LogP contribution in [0.1, 0.15) is 17.0 Å². The van der Waals surface area contributed by atoms with Crippen molar-refractivity contribution in [1.82, 2.24) is 9.97 Å². The van der Waals surface area contributed by atoms with Gasteiger partial charge < -0.3 is 14.7 Å². The molecule has 2 heterocycles. The van der Waals surface area contributed by atoms with Gasteiger partial charge >= 0.3 is 0 Å². The predicted molar refractivity (Wildman–Crippen MR) is 77.2 cm³/mol. The van der Waals surface area contributed by atoms with E-state index in [1.807, 2.05) is 26.8 Å². The van der Waals surface area contributed by atoms with Gasteiger partial charge in [0.1, 0.15) is 0 Å². The zero-order valence-electron chi connectivity index (χ0n) is 11.5. The van der Waals surface area contributed by atoms with Crippen molar-refractivity contribution >= 4 is 21.8 Å². The van der Waals surface area contributed by atoms with Crippen LogP contribution in [0.5, 0.6) is 5.75 Å². The van der Waals surface area contributed by atoms with Crippen LogP contribution in [-0.2, 0) is 0 Å². The van der Waals surface area contributed by atoms with Gasteiger partial charge in [-0.3, -0.25) is 4.79 Å². The number of fused-ring (bicyclic) bond motifs is 2. The Labute approximate surface area is 110 Å². The highest BCUT2D eigenvalue weighted by atomic mass is 16.5. The van der Waals surface area contributed by atoms with Crippen molar-refractivity contribution in [3.63, 3.8) is 0 Å². The molecule has 0 saturated carbocycles. The molecule has 0 atom stereocenters. The Bertz CT molecular complexity index is 856. The van der Waals surface area contributed by atoms with Crippen molar-refractivity contribution in [3.8, 4) is 5.75 Å². The van der Waals surface area contributed by atoms with Gasteiger partial charge in [0.25, 0.3) is 0 Å². The van der Waals surface area contributed by atoms with E-state index in [0.717, 1.165) is 33.4 Å². The largest absolute Gasteiger partial charge is 0.492 e. The van der Waals surface area contributed by atoms with Gasteiger partial charge in [0, 0.05) is 22.8 Å². The van der Waals surface area contributed by atoms with Gasteiger partial charge in [-0.1, -0.05) is 0 Å². The molecular formula is C15H16N2O2. The van der Waals surface area contributed by atoms with Crippen LogP contribution >= 0.6 is 0 Å². The van der Waals surface area contributed by atoms with Crippen molar-refractivity contribution in [2.24, 2.45) is 0 Å². The smallest absolute Gasteiger partial charge is 0.189 e. The van der Waals surface area contributed by atoms with E-state index in [9.17, 15) is 4.79 Å². The van der Waals surface area contributed by atoms with E-state index in [2.05, 4.69) is 9.97 Å². The van der Waals surface area contributed by atoms with E-state index < -0.39 is 0 Å². The summed E-state index contributed by atoms with van der Waals surface area (Å²) >= 11 is 0. The molecule has 0 aliphatic heterocycles. The quantitative estimate of drug-likeness (QED) is 0.703. The highest BCUT2D eigenvalue weighted by Gasteiger charge is 2.15. The maximum atomic E-state index is 12.1. The van der Waals surface area contributed by atoms with Crippen LogP contribution in [0.3, 0.4) is 0 Å². The molecule has 2 N–H and O–H groups in total. The van der Waals surface area contributed by atoms with Gasteiger partial charge in [0.05, 0.1) is 23.5 Å². The molecule has 4 nitrogen and oxygen atoms in total. The number of H-pyrrole nitrogens is 2. The minimum Gasteiger partial charge on any atom is -0.492 e. The number of ether oxygens (including phenoxy) is 1. The average Bonchev–Trinajstić information content (AvgIpc) is 2.63. The number of hydrogen-bond acceptors (Lipinski definition) is 2. The first kappa shape index (κ1) is 11.8. The van der Waals surface area contributed by atoms with E-state index in [4.69, 9.17) is 4.74 Å². The molecule has 0 fully saturated rings. The number of aryl methyl sites for hydroxylation is 3. The van der Waals surface area contributed by atoms with E-state index in [1.165, 1.54) is 0 Å². The van der Waals surface area contributed by atoms with Crippen LogP contribution < -0.4 is 10.2 Å². The summed E-state index contributed by atoms with van der Waals surface area (Å²) in [5.74, 6) is 0.699. The third-order valence-corrected chi connectivity index (χ3v) is 3.70. The topological polar surface area (TPSA) is 57.9 Å². The molecule has 0 spiro atoms. The summed E-state index contributed by atoms with van der Waals surface area (Å²) in [7, 11) is 1.63. The molecule has 3 aromatic rings. The number of methoxy groups -OCH3 is 1. The number of rotatable bonds is 1. The fourth-order valence-corrected chi connectivity index (χ4v) is 2.59. The molecule has 98 valence electrons. The summed E-state index contributed by atoms with van der Waals surface area (Å²) in [6.45, 7) is 5.93. The summed E-state index contributed by atoms with van der Waals surface area (Å²) in [4.78, 5) is 18.7. The first-order valence-corrected chi connectivity index (χ1v) is 6.22. The molecule has 4 heteroatoms. The summed E-state index contributed by atoms with van der Waals surface area (Å²) in [5, 5.41) is 1.70. The van der Waals surface area contributed by atoms with Crippen LogP contribution in [-0.4, -0.2) is 17.1 Å². The van der Waals surface area contributed by atoms with Crippen molar-refractivity contribution in [3.05, 3.63) is 39.3 Å². The second-order valence-electron chi connectivity index (χ2n) is 4.95. The normalized spacial score (nSPS) is 11.4. The lowest BCUT2D eigenvalue weighted by Crippen LogP contribution is -2.04. The lowest BCUT2D eigenvalue weighted by Gasteiger charge is -2.08. The summed E-state index contributed by atoms with van der Waals surface area (Å²) in [5.41, 5.74) is 4.77. The van der Waals surface area contributed by atoms with Crippen LogP contribution in [0.2, 0.25) is 0 Å². The fourth-order valence-electron chi connectivity index (χ4n) is 2.59. The fraction of sp³-hybridized carbons (Fsp3) is 0.267. The van der Waals surface area contributed by atoms with Gasteiger partial charge in [0.15, 0.2) is 11.2 Å². The van der Waals surface area contributed by atoms with Crippen molar-refractivity contribution < 1.29 is 4.74 Å². The number of benzene rings is 1. The molecule has 0 unspecified atom stereocenters. The highest BCUT2D eigenvalue weighted by molar-refractivity contribution is 6.03. The van der Waals surface area contributed by atoms with Crippen LogP contribution in [0.4, 0.5) is 0 Å². The molecule has 19 heavy (non-hydrogen) atoms. The van der Waals surface area contributed by atoms with Gasteiger partial charge in [-0.05, 0) is 32.4 Å². The zero-order chi connectivity index (χ0) is 13.7. The second-order valence-corrected chi connectivity index (χ2v) is 4.95. The Balaban J connectivity index is 2.64. The van der Waals surface area contributed by atoms with E-state index >= 15 is 0 Å². The summed E-state index contributed by atoms with van der Waals surface area (Å²) in [6, 6.07) is 3.55. The third kappa shape index (κ3) is 1.56. The Morgan fingerprint density at radius 1 is 1.00 bits per heavy atom. The molecule has 0 aliphatic carbocycles. The molecule has 1 aromatic carbocycles. The third-order valence-electron chi connectivity index (χ3n) is 3.70. The lowest BCUT2D eigenvalue weighted by atomic mass is 10.1. The van der Waals surface area contributed by atoms with Gasteiger partial charge in [-0.2, -0.15) is 0 Å². The predicted octanol–water partition coefficient (Wildman–Crippen LogP) is 2.94. The number of aromatic amines is 2. The monoisotopic (exact) mass is 256 g/mol. The Morgan fingerprint density at radius 2 is 1.68 bits per heavy atom. The van der Waals surface area contributed by atoms with Crippen LogP contribution in [0.25, 0.3) is 21.8 Å². The zero-order valence-corrected chi connectivity index (χ0v) is 11.5. The van der Waals surface area contributed by atoms with E-state index in [1.54, 1.807) is 13.2 Å². The van der Waals surface area contributed by atoms with E-state index in [0.29, 0.717) is 11.1 Å². The number of hydrogen-bond donors (Lipinski definition) is 2. The Kier molecular flexibility index (Phi) is 2.42. The van der Waals surface area contributed by atoms with Crippen LogP contribution in [0.15, 0.2) is 16.9 Å². The van der Waals surface area contributed by atoms with E-state index in [-0.39, 0.29) is 5.43 Å². The summed E-state index contributed by atoms with van der Waals surface area (Å²) in [6.07, 6.45) is 0. The minimum atomic E-state index is 0.0182. The Morgan fingerprint density at radius 3 is 2.37 bits per heavy atom. The molecule has 0 aliphatic rings. The average molecular weight is 256 g/mol. The number of pyridine rings is 1. The number of nitrogens with one attached hydrogen (secondary N) is 2. The Hall–Kier alpha value is -2.23. The molecular weight excluding hydrogens is 240 g/mol. The SMILES string of the molecule is COc1c2[nH]c(C)c(C)c2cc2c(=O)cc(C)[nH]c12. The van der Waals surface area contributed by atoms with Gasteiger partial charge in [-0.15, -0.1) is 0 Å². The highest BCUT2D eigenvalue weighted by Crippen LogP contribution is 2.34. The van der Waals surface area contributed by atoms with Crippen molar-refractivity contribution in [2.75, 3.05) is 7.11 Å². The molecule has 2 aromatic heterocycles. The maximum absolute atomic E-state index is 12.1.